The van der Waals surface area contributed by atoms with Crippen molar-refractivity contribution in [1.29, 1.82) is 0 Å². The van der Waals surface area contributed by atoms with Gasteiger partial charge >= 0.3 is 0 Å². The van der Waals surface area contributed by atoms with Crippen LogP contribution in [0.4, 0.5) is 0 Å². The zero-order valence-electron chi connectivity index (χ0n) is 7.09. The quantitative estimate of drug-likeness (QED) is 0.689. The number of rotatable bonds is 3. The number of hydrogen-bond donors (Lipinski definition) is 2. The molecule has 1 aromatic rings. The standard InChI is InChI=1S/C8H15N3/c1-3-6-5-10-8(11-6)7(9)4-2/h5,7H,3-4,9H2,1-2H3,(H,10,11). The van der Waals surface area contributed by atoms with E-state index < -0.39 is 0 Å². The van der Waals surface area contributed by atoms with E-state index in [1.165, 1.54) is 0 Å². The van der Waals surface area contributed by atoms with Crippen molar-refractivity contribution in [3.63, 3.8) is 0 Å². The smallest absolute Gasteiger partial charge is 0.123 e. The van der Waals surface area contributed by atoms with Gasteiger partial charge in [-0.1, -0.05) is 13.8 Å². The van der Waals surface area contributed by atoms with Crippen LogP contribution in [0.5, 0.6) is 0 Å². The second-order valence-electron chi connectivity index (χ2n) is 2.66. The molecule has 0 bridgehead atoms. The molecule has 0 aromatic carbocycles. The van der Waals surface area contributed by atoms with Crippen molar-refractivity contribution in [3.8, 4) is 0 Å². The highest BCUT2D eigenvalue weighted by atomic mass is 15.0. The third-order valence-electron chi connectivity index (χ3n) is 1.82. The molecule has 0 saturated heterocycles. The van der Waals surface area contributed by atoms with Gasteiger partial charge in [-0.3, -0.25) is 0 Å². The normalized spacial score (nSPS) is 13.4. The molecule has 1 unspecified atom stereocenters. The van der Waals surface area contributed by atoms with Crippen molar-refractivity contribution < 1.29 is 0 Å². The van der Waals surface area contributed by atoms with Crippen LogP contribution in [0.1, 0.15) is 37.8 Å². The fourth-order valence-corrected chi connectivity index (χ4v) is 0.938. The first kappa shape index (κ1) is 8.27. The number of H-pyrrole nitrogens is 1. The average molecular weight is 153 g/mol. The van der Waals surface area contributed by atoms with Gasteiger partial charge in [0.05, 0.1) is 6.04 Å². The fourth-order valence-electron chi connectivity index (χ4n) is 0.938. The molecule has 0 saturated carbocycles. The van der Waals surface area contributed by atoms with Crippen molar-refractivity contribution in [2.75, 3.05) is 0 Å². The van der Waals surface area contributed by atoms with Crippen LogP contribution in [-0.2, 0) is 6.42 Å². The summed E-state index contributed by atoms with van der Waals surface area (Å²) < 4.78 is 0. The minimum atomic E-state index is 0.0651. The molecule has 1 atom stereocenters. The lowest BCUT2D eigenvalue weighted by Gasteiger charge is -2.02. The minimum absolute atomic E-state index is 0.0651. The van der Waals surface area contributed by atoms with Gasteiger partial charge in [-0.25, -0.2) is 4.98 Å². The van der Waals surface area contributed by atoms with E-state index >= 15 is 0 Å². The number of aromatic nitrogens is 2. The summed E-state index contributed by atoms with van der Waals surface area (Å²) in [6, 6.07) is 0.0651. The molecule has 0 aliphatic heterocycles. The predicted octanol–water partition coefficient (Wildman–Crippen LogP) is 1.38. The Labute approximate surface area is 67.0 Å². The Bertz CT molecular complexity index is 217. The molecule has 1 heterocycles. The number of nitrogens with one attached hydrogen (secondary N) is 1. The van der Waals surface area contributed by atoms with E-state index in [0.29, 0.717) is 0 Å². The predicted molar refractivity (Wildman–Crippen MR) is 45.2 cm³/mol. The van der Waals surface area contributed by atoms with Crippen molar-refractivity contribution in [1.82, 2.24) is 9.97 Å². The van der Waals surface area contributed by atoms with Gasteiger partial charge in [0.2, 0.25) is 0 Å². The fraction of sp³-hybridized carbons (Fsp3) is 0.625. The van der Waals surface area contributed by atoms with Gasteiger partial charge < -0.3 is 10.7 Å². The maximum Gasteiger partial charge on any atom is 0.123 e. The second kappa shape index (κ2) is 3.53. The molecule has 3 nitrogen and oxygen atoms in total. The summed E-state index contributed by atoms with van der Waals surface area (Å²) >= 11 is 0. The number of aromatic amines is 1. The third-order valence-corrected chi connectivity index (χ3v) is 1.82. The van der Waals surface area contributed by atoms with Gasteiger partial charge in [0, 0.05) is 11.9 Å². The van der Waals surface area contributed by atoms with Crippen LogP contribution in [0, 0.1) is 0 Å². The van der Waals surface area contributed by atoms with E-state index in [4.69, 9.17) is 5.73 Å². The van der Waals surface area contributed by atoms with Crippen LogP contribution < -0.4 is 5.73 Å². The highest BCUT2D eigenvalue weighted by molar-refractivity contribution is 5.03. The lowest BCUT2D eigenvalue weighted by atomic mass is 10.2. The first-order valence-corrected chi connectivity index (χ1v) is 4.07. The largest absolute Gasteiger partial charge is 0.345 e. The molecule has 0 amide bonds. The number of nitrogens with two attached hydrogens (primary N) is 1. The van der Waals surface area contributed by atoms with Crippen molar-refractivity contribution >= 4 is 0 Å². The Balaban J connectivity index is 2.71. The molecule has 0 fully saturated rings. The first-order valence-electron chi connectivity index (χ1n) is 4.07. The topological polar surface area (TPSA) is 54.7 Å². The summed E-state index contributed by atoms with van der Waals surface area (Å²) in [7, 11) is 0. The molecule has 0 spiro atoms. The Kier molecular flexibility index (Phi) is 2.65. The van der Waals surface area contributed by atoms with Crippen LogP contribution >= 0.6 is 0 Å². The van der Waals surface area contributed by atoms with Gasteiger partial charge in [-0.2, -0.15) is 0 Å². The van der Waals surface area contributed by atoms with E-state index in [9.17, 15) is 0 Å². The van der Waals surface area contributed by atoms with Gasteiger partial charge in [0.15, 0.2) is 0 Å². The van der Waals surface area contributed by atoms with E-state index in [1.807, 2.05) is 6.20 Å². The Morgan fingerprint density at radius 2 is 2.36 bits per heavy atom. The molecular formula is C8H15N3. The van der Waals surface area contributed by atoms with E-state index in [-0.39, 0.29) is 6.04 Å². The highest BCUT2D eigenvalue weighted by Crippen LogP contribution is 2.09. The van der Waals surface area contributed by atoms with Gasteiger partial charge in [0.25, 0.3) is 0 Å². The molecule has 1 rings (SSSR count). The Morgan fingerprint density at radius 1 is 1.64 bits per heavy atom. The molecule has 1 aromatic heterocycles. The third kappa shape index (κ3) is 1.80. The van der Waals surface area contributed by atoms with E-state index in [2.05, 4.69) is 23.8 Å². The molecule has 62 valence electrons. The molecule has 3 heteroatoms. The summed E-state index contributed by atoms with van der Waals surface area (Å²) in [6.45, 7) is 4.15. The van der Waals surface area contributed by atoms with Crippen LogP contribution in [0.15, 0.2) is 6.20 Å². The van der Waals surface area contributed by atoms with Crippen molar-refractivity contribution in [3.05, 3.63) is 17.7 Å². The highest BCUT2D eigenvalue weighted by Gasteiger charge is 2.05. The van der Waals surface area contributed by atoms with Gasteiger partial charge in [-0.15, -0.1) is 0 Å². The first-order chi connectivity index (χ1) is 5.27. The van der Waals surface area contributed by atoms with E-state index in [0.717, 1.165) is 24.4 Å². The lowest BCUT2D eigenvalue weighted by molar-refractivity contribution is 0.656. The van der Waals surface area contributed by atoms with Crippen LogP contribution in [-0.4, -0.2) is 9.97 Å². The molecule has 0 radical (unpaired) electrons. The molecular weight excluding hydrogens is 138 g/mol. The van der Waals surface area contributed by atoms with E-state index in [1.54, 1.807) is 0 Å². The number of aryl methyl sites for hydroxylation is 1. The molecule has 11 heavy (non-hydrogen) atoms. The molecule has 0 aliphatic carbocycles. The summed E-state index contributed by atoms with van der Waals surface area (Å²) in [5.74, 6) is 0.907. The Morgan fingerprint density at radius 3 is 2.82 bits per heavy atom. The maximum atomic E-state index is 5.77. The summed E-state index contributed by atoms with van der Waals surface area (Å²) in [5.41, 5.74) is 6.92. The second-order valence-corrected chi connectivity index (χ2v) is 2.66. The van der Waals surface area contributed by atoms with Crippen LogP contribution in [0.3, 0.4) is 0 Å². The van der Waals surface area contributed by atoms with Crippen LogP contribution in [0.2, 0.25) is 0 Å². The molecule has 3 N–H and O–H groups in total. The number of hydrogen-bond acceptors (Lipinski definition) is 2. The summed E-state index contributed by atoms with van der Waals surface area (Å²) in [6.07, 6.45) is 3.77. The lowest BCUT2D eigenvalue weighted by Crippen LogP contribution is -2.10. The SMILES string of the molecule is CCc1cnc(C(N)CC)[nH]1. The minimum Gasteiger partial charge on any atom is -0.345 e. The maximum absolute atomic E-state index is 5.77. The Hall–Kier alpha value is -0.830. The van der Waals surface area contributed by atoms with Crippen molar-refractivity contribution in [2.24, 2.45) is 5.73 Å². The monoisotopic (exact) mass is 153 g/mol. The number of imidazole rings is 1. The zero-order chi connectivity index (χ0) is 8.27. The van der Waals surface area contributed by atoms with Crippen LogP contribution in [0.25, 0.3) is 0 Å². The van der Waals surface area contributed by atoms with Gasteiger partial charge in [-0.05, 0) is 12.8 Å². The average Bonchev–Trinajstić information content (AvgIpc) is 2.50. The number of nitrogens with zero attached hydrogens (tertiary/aromatic N) is 1. The zero-order valence-corrected chi connectivity index (χ0v) is 7.09. The summed E-state index contributed by atoms with van der Waals surface area (Å²) in [5, 5.41) is 0. The van der Waals surface area contributed by atoms with Gasteiger partial charge in [0.1, 0.15) is 5.82 Å². The van der Waals surface area contributed by atoms with Crippen molar-refractivity contribution in [2.45, 2.75) is 32.7 Å². The molecule has 0 aliphatic rings. The summed E-state index contributed by atoms with van der Waals surface area (Å²) in [4.78, 5) is 7.35.